The molecule has 1 unspecified atom stereocenters. The summed E-state index contributed by atoms with van der Waals surface area (Å²) in [7, 11) is -3.48. The SMILES string of the molecule is CCn1ncc(S(=O)(=O)N2CCCC(Cc3ccccn3)C2)c1C. The molecule has 3 heterocycles. The molecule has 6 nitrogen and oxygen atoms in total. The van der Waals surface area contributed by atoms with Crippen molar-refractivity contribution >= 4 is 10.0 Å². The zero-order valence-corrected chi connectivity index (χ0v) is 15.0. The van der Waals surface area contributed by atoms with Gasteiger partial charge < -0.3 is 0 Å². The summed E-state index contributed by atoms with van der Waals surface area (Å²) in [5.74, 6) is 0.310. The third-order valence-electron chi connectivity index (χ3n) is 4.68. The number of pyridine rings is 1. The van der Waals surface area contributed by atoms with E-state index in [0.29, 0.717) is 36.1 Å². The molecule has 130 valence electrons. The lowest BCUT2D eigenvalue weighted by atomic mass is 9.94. The Balaban J connectivity index is 1.77. The Kier molecular flexibility index (Phi) is 5.01. The molecular formula is C17H24N4O2S. The largest absolute Gasteiger partial charge is 0.269 e. The van der Waals surface area contributed by atoms with Crippen LogP contribution in [0.2, 0.25) is 0 Å². The van der Waals surface area contributed by atoms with Gasteiger partial charge in [0.2, 0.25) is 10.0 Å². The number of hydrogen-bond donors (Lipinski definition) is 0. The Bertz CT molecular complexity index is 786. The average molecular weight is 348 g/mol. The third kappa shape index (κ3) is 3.37. The fourth-order valence-electron chi connectivity index (χ4n) is 3.37. The maximum atomic E-state index is 13.0. The first-order valence-corrected chi connectivity index (χ1v) is 9.89. The molecule has 0 spiro atoms. The Morgan fingerprint density at radius 2 is 2.17 bits per heavy atom. The Morgan fingerprint density at radius 1 is 1.33 bits per heavy atom. The Morgan fingerprint density at radius 3 is 2.83 bits per heavy atom. The van der Waals surface area contributed by atoms with Crippen molar-refractivity contribution in [1.82, 2.24) is 19.1 Å². The molecule has 0 amide bonds. The Hall–Kier alpha value is -1.73. The monoisotopic (exact) mass is 348 g/mol. The van der Waals surface area contributed by atoms with E-state index < -0.39 is 10.0 Å². The zero-order chi connectivity index (χ0) is 17.2. The number of hydrogen-bond acceptors (Lipinski definition) is 4. The molecule has 3 rings (SSSR count). The van der Waals surface area contributed by atoms with Crippen molar-refractivity contribution < 1.29 is 8.42 Å². The minimum atomic E-state index is -3.48. The van der Waals surface area contributed by atoms with Crippen molar-refractivity contribution in [1.29, 1.82) is 0 Å². The minimum absolute atomic E-state index is 0.310. The van der Waals surface area contributed by atoms with Crippen molar-refractivity contribution in [3.05, 3.63) is 42.0 Å². The molecule has 0 aromatic carbocycles. The van der Waals surface area contributed by atoms with Crippen LogP contribution in [0, 0.1) is 12.8 Å². The van der Waals surface area contributed by atoms with Crippen LogP contribution in [0.15, 0.2) is 35.5 Å². The number of aromatic nitrogens is 3. The normalized spacial score (nSPS) is 19.5. The maximum absolute atomic E-state index is 13.0. The highest BCUT2D eigenvalue weighted by Crippen LogP contribution is 2.27. The number of nitrogens with zero attached hydrogens (tertiary/aromatic N) is 4. The first-order valence-electron chi connectivity index (χ1n) is 8.45. The second-order valence-electron chi connectivity index (χ2n) is 6.31. The van der Waals surface area contributed by atoms with Crippen LogP contribution in [0.4, 0.5) is 0 Å². The van der Waals surface area contributed by atoms with E-state index in [1.165, 1.54) is 6.20 Å². The smallest absolute Gasteiger partial charge is 0.246 e. The van der Waals surface area contributed by atoms with E-state index in [9.17, 15) is 8.42 Å². The predicted molar refractivity (Wildman–Crippen MR) is 92.1 cm³/mol. The predicted octanol–water partition coefficient (Wildman–Crippen LogP) is 2.25. The summed E-state index contributed by atoms with van der Waals surface area (Å²) >= 11 is 0. The molecule has 24 heavy (non-hydrogen) atoms. The van der Waals surface area contributed by atoms with Gasteiger partial charge in [-0.05, 0) is 51.2 Å². The lowest BCUT2D eigenvalue weighted by molar-refractivity contribution is 0.264. The van der Waals surface area contributed by atoms with Gasteiger partial charge in [0.15, 0.2) is 0 Å². The summed E-state index contributed by atoms with van der Waals surface area (Å²) in [5.41, 5.74) is 1.74. The minimum Gasteiger partial charge on any atom is -0.269 e. The van der Waals surface area contributed by atoms with Crippen LogP contribution < -0.4 is 0 Å². The van der Waals surface area contributed by atoms with E-state index in [4.69, 9.17) is 0 Å². The molecule has 7 heteroatoms. The molecule has 0 N–H and O–H groups in total. The molecule has 1 aliphatic rings. The zero-order valence-electron chi connectivity index (χ0n) is 14.2. The van der Waals surface area contributed by atoms with Gasteiger partial charge in [0.05, 0.1) is 11.9 Å². The first kappa shape index (κ1) is 17.1. The molecule has 2 aromatic heterocycles. The molecule has 2 aromatic rings. The number of aryl methyl sites for hydroxylation is 1. The van der Waals surface area contributed by atoms with Crippen LogP contribution in [0.25, 0.3) is 0 Å². The van der Waals surface area contributed by atoms with Crippen LogP contribution in [-0.2, 0) is 23.0 Å². The summed E-state index contributed by atoms with van der Waals surface area (Å²) in [4.78, 5) is 4.70. The van der Waals surface area contributed by atoms with Crippen molar-refractivity contribution in [2.75, 3.05) is 13.1 Å². The van der Waals surface area contributed by atoms with Crippen molar-refractivity contribution in [2.24, 2.45) is 5.92 Å². The number of sulfonamides is 1. The molecule has 1 fully saturated rings. The molecule has 0 aliphatic carbocycles. The van der Waals surface area contributed by atoms with Gasteiger partial charge in [-0.25, -0.2) is 8.42 Å². The van der Waals surface area contributed by atoms with Crippen LogP contribution >= 0.6 is 0 Å². The van der Waals surface area contributed by atoms with E-state index in [1.807, 2.05) is 32.0 Å². The molecule has 0 saturated carbocycles. The van der Waals surface area contributed by atoms with Gasteiger partial charge in [0, 0.05) is 31.5 Å². The van der Waals surface area contributed by atoms with Crippen LogP contribution in [0.3, 0.4) is 0 Å². The lowest BCUT2D eigenvalue weighted by Crippen LogP contribution is -2.40. The molecule has 1 saturated heterocycles. The third-order valence-corrected chi connectivity index (χ3v) is 6.65. The van der Waals surface area contributed by atoms with Gasteiger partial charge in [-0.15, -0.1) is 0 Å². The fourth-order valence-corrected chi connectivity index (χ4v) is 5.08. The highest BCUT2D eigenvalue weighted by atomic mass is 32.2. The second-order valence-corrected chi connectivity index (χ2v) is 8.21. The summed E-state index contributed by atoms with van der Waals surface area (Å²) in [6.07, 6.45) is 6.01. The van der Waals surface area contributed by atoms with E-state index >= 15 is 0 Å². The van der Waals surface area contributed by atoms with E-state index in [1.54, 1.807) is 15.2 Å². The fraction of sp³-hybridized carbons (Fsp3) is 0.529. The topological polar surface area (TPSA) is 68.1 Å². The van der Waals surface area contributed by atoms with E-state index in [-0.39, 0.29) is 0 Å². The summed E-state index contributed by atoms with van der Waals surface area (Å²) in [5, 5.41) is 4.18. The summed E-state index contributed by atoms with van der Waals surface area (Å²) < 4.78 is 29.3. The van der Waals surface area contributed by atoms with Crippen molar-refractivity contribution in [3.8, 4) is 0 Å². The maximum Gasteiger partial charge on any atom is 0.246 e. The van der Waals surface area contributed by atoms with Gasteiger partial charge in [0.25, 0.3) is 0 Å². The second kappa shape index (κ2) is 7.03. The quantitative estimate of drug-likeness (QED) is 0.831. The van der Waals surface area contributed by atoms with E-state index in [0.717, 1.165) is 25.0 Å². The van der Waals surface area contributed by atoms with Gasteiger partial charge >= 0.3 is 0 Å². The van der Waals surface area contributed by atoms with Gasteiger partial charge in [-0.1, -0.05) is 6.07 Å². The standard InChI is InChI=1S/C17H24N4O2S/c1-3-21-14(2)17(12-19-21)24(22,23)20-10-6-7-15(13-20)11-16-8-4-5-9-18-16/h4-5,8-9,12,15H,3,6-7,10-11,13H2,1-2H3. The Labute approximate surface area is 143 Å². The number of piperidine rings is 1. The van der Waals surface area contributed by atoms with Crippen LogP contribution in [0.1, 0.15) is 31.2 Å². The number of rotatable bonds is 5. The highest BCUT2D eigenvalue weighted by molar-refractivity contribution is 7.89. The molecule has 0 bridgehead atoms. The van der Waals surface area contributed by atoms with Gasteiger partial charge in [-0.3, -0.25) is 9.67 Å². The molecule has 1 aliphatic heterocycles. The van der Waals surface area contributed by atoms with E-state index in [2.05, 4.69) is 10.1 Å². The molecule has 1 atom stereocenters. The van der Waals surface area contributed by atoms with Gasteiger partial charge in [-0.2, -0.15) is 9.40 Å². The van der Waals surface area contributed by atoms with Crippen LogP contribution in [0.5, 0.6) is 0 Å². The van der Waals surface area contributed by atoms with Crippen molar-refractivity contribution in [3.63, 3.8) is 0 Å². The highest BCUT2D eigenvalue weighted by Gasteiger charge is 2.32. The lowest BCUT2D eigenvalue weighted by Gasteiger charge is -2.31. The molecule has 0 radical (unpaired) electrons. The summed E-state index contributed by atoms with van der Waals surface area (Å²) in [6.45, 7) is 5.58. The van der Waals surface area contributed by atoms with Crippen LogP contribution in [-0.4, -0.2) is 40.6 Å². The average Bonchev–Trinajstić information content (AvgIpc) is 2.97. The first-order chi connectivity index (χ1) is 11.5. The van der Waals surface area contributed by atoms with Gasteiger partial charge in [0.1, 0.15) is 4.90 Å². The van der Waals surface area contributed by atoms with Crippen molar-refractivity contribution in [2.45, 2.75) is 44.6 Å². The summed E-state index contributed by atoms with van der Waals surface area (Å²) in [6, 6.07) is 5.88. The molecular weight excluding hydrogens is 324 g/mol.